The van der Waals surface area contributed by atoms with E-state index in [-0.39, 0.29) is 29.0 Å². The van der Waals surface area contributed by atoms with Crippen LogP contribution in [-0.2, 0) is 31.5 Å². The molecule has 49 heavy (non-hydrogen) atoms. The highest BCUT2D eigenvalue weighted by Crippen LogP contribution is 2.56. The summed E-state index contributed by atoms with van der Waals surface area (Å²) in [5.41, 5.74) is -2.73. The molecule has 1 aromatic carbocycles. The van der Waals surface area contributed by atoms with Gasteiger partial charge in [-0.2, -0.15) is 21.6 Å². The summed E-state index contributed by atoms with van der Waals surface area (Å²) in [5.74, 6) is 0.572. The lowest BCUT2D eigenvalue weighted by Crippen LogP contribution is -2.51. The highest BCUT2D eigenvalue weighted by molar-refractivity contribution is 7.88. The molecule has 2 N–H and O–H groups in total. The van der Waals surface area contributed by atoms with Crippen molar-refractivity contribution < 1.29 is 40.1 Å². The Morgan fingerprint density at radius 1 is 1.10 bits per heavy atom. The Morgan fingerprint density at radius 2 is 1.82 bits per heavy atom. The highest BCUT2D eigenvalue weighted by atomic mass is 32.2. The molecule has 6 rings (SSSR count). The molecule has 1 spiro atoms. The first-order valence-electron chi connectivity index (χ1n) is 16.6. The number of alkyl halides is 3. The maximum Gasteiger partial charge on any atom is 0.534 e. The number of amides is 2. The van der Waals surface area contributed by atoms with Gasteiger partial charge in [0.25, 0.3) is 0 Å². The number of halogens is 3. The number of hydrogen-bond donors (Lipinski definition) is 2. The zero-order chi connectivity index (χ0) is 35.3. The van der Waals surface area contributed by atoms with Crippen LogP contribution in [0.1, 0.15) is 88.7 Å². The average Bonchev–Trinajstić information content (AvgIpc) is 3.87. The van der Waals surface area contributed by atoms with Gasteiger partial charge in [-0.1, -0.05) is 20.8 Å². The molecule has 2 aliphatic carbocycles. The van der Waals surface area contributed by atoms with E-state index < -0.39 is 27.8 Å². The first kappa shape index (κ1) is 35.2. The van der Waals surface area contributed by atoms with Crippen molar-refractivity contribution in [2.24, 2.45) is 11.8 Å². The van der Waals surface area contributed by atoms with Crippen LogP contribution in [0.2, 0.25) is 0 Å². The van der Waals surface area contributed by atoms with Crippen molar-refractivity contribution in [2.75, 3.05) is 13.7 Å². The number of hydrogen-bond acceptors (Lipinski definition) is 8. The van der Waals surface area contributed by atoms with E-state index in [0.29, 0.717) is 36.7 Å². The molecule has 266 valence electrons. The molecule has 2 atom stereocenters. The Hall–Kier alpha value is -3.59. The first-order valence-corrected chi connectivity index (χ1v) is 18.8. The molecule has 0 bridgehead atoms. The summed E-state index contributed by atoms with van der Waals surface area (Å²) in [6.07, 6.45) is 7.42. The highest BCUT2D eigenvalue weighted by Gasteiger charge is 2.50. The first-order chi connectivity index (χ1) is 23.1. The monoisotopic (exact) mass is 722 g/mol. The number of carbonyl (C=O) groups excluding carboxylic acids is 2. The van der Waals surface area contributed by atoms with Crippen LogP contribution in [0.15, 0.2) is 30.5 Å². The molecule has 2 aromatic heterocycles. The van der Waals surface area contributed by atoms with Gasteiger partial charge in [0, 0.05) is 17.0 Å². The number of aromatic amines is 1. The minimum absolute atomic E-state index is 0.156. The lowest BCUT2D eigenvalue weighted by molar-refractivity contribution is -0.135. The molecule has 1 saturated heterocycles. The second-order valence-corrected chi connectivity index (χ2v) is 16.4. The standard InChI is InChI=1S/C34H41F3N4O6S2/c1-19(2)29(40-32(43)46-4)31(42)41-17-5-6-24(41)30-38-18-23(39-30)27-10-9-26(48-27)22-7-8-25(47-49(44,45)34(35,36)37)21-13-16-33(28(21)22)14-11-20(3)12-15-33/h7-10,18-20,24,29H,5-6,11-17H2,1-4H3,(H,38,39)(H,40,43)/t20?,24-,29-,33?/m0/s1. The Morgan fingerprint density at radius 3 is 2.49 bits per heavy atom. The van der Waals surface area contributed by atoms with E-state index in [0.717, 1.165) is 65.1 Å². The van der Waals surface area contributed by atoms with Gasteiger partial charge in [-0.25, -0.2) is 9.78 Å². The minimum atomic E-state index is -5.82. The van der Waals surface area contributed by atoms with Crippen LogP contribution >= 0.6 is 11.3 Å². The van der Waals surface area contributed by atoms with Crippen LogP contribution in [0.25, 0.3) is 21.0 Å². The van der Waals surface area contributed by atoms with Crippen LogP contribution in [0.3, 0.4) is 0 Å². The van der Waals surface area contributed by atoms with Crippen molar-refractivity contribution in [3.8, 4) is 26.8 Å². The number of ether oxygens (including phenoxy) is 1. The summed E-state index contributed by atoms with van der Waals surface area (Å²) in [7, 11) is -4.56. The number of rotatable bonds is 8. The van der Waals surface area contributed by atoms with E-state index in [2.05, 4.69) is 22.2 Å². The molecule has 2 fully saturated rings. The summed E-state index contributed by atoms with van der Waals surface area (Å²) in [5, 5.41) is 2.66. The molecule has 10 nitrogen and oxygen atoms in total. The normalized spacial score (nSPS) is 23.1. The molecule has 0 unspecified atom stereocenters. The van der Waals surface area contributed by atoms with Crippen molar-refractivity contribution in [3.63, 3.8) is 0 Å². The third-order valence-corrected chi connectivity index (χ3v) is 12.5. The topological polar surface area (TPSA) is 131 Å². The molecular formula is C34H41F3N4O6S2. The Kier molecular flexibility index (Phi) is 9.55. The fraction of sp³-hybridized carbons (Fsp3) is 0.559. The molecule has 3 aliphatic rings. The summed E-state index contributed by atoms with van der Waals surface area (Å²) < 4.78 is 73.4. The van der Waals surface area contributed by atoms with Gasteiger partial charge in [-0.3, -0.25) is 4.79 Å². The largest absolute Gasteiger partial charge is 0.534 e. The number of aromatic nitrogens is 2. The van der Waals surface area contributed by atoms with Gasteiger partial charge in [-0.05, 0) is 104 Å². The maximum absolute atomic E-state index is 13.6. The zero-order valence-electron chi connectivity index (χ0n) is 27.9. The number of thiophene rings is 1. The van der Waals surface area contributed by atoms with Crippen LogP contribution in [-0.4, -0.2) is 60.5 Å². The van der Waals surface area contributed by atoms with E-state index in [1.165, 1.54) is 24.5 Å². The number of methoxy groups -OCH3 is 1. The van der Waals surface area contributed by atoms with Gasteiger partial charge in [0.2, 0.25) is 5.91 Å². The third kappa shape index (κ3) is 6.67. The molecule has 3 aromatic rings. The molecule has 2 amide bonds. The lowest BCUT2D eigenvalue weighted by atomic mass is 9.66. The van der Waals surface area contributed by atoms with Crippen LogP contribution in [0, 0.1) is 11.8 Å². The molecule has 1 aliphatic heterocycles. The van der Waals surface area contributed by atoms with Crippen LogP contribution in [0.4, 0.5) is 18.0 Å². The van der Waals surface area contributed by atoms with Crippen molar-refractivity contribution >= 4 is 33.5 Å². The molecule has 3 heterocycles. The summed E-state index contributed by atoms with van der Waals surface area (Å²) in [4.78, 5) is 37.1. The van der Waals surface area contributed by atoms with Crippen molar-refractivity contribution in [1.29, 1.82) is 0 Å². The van der Waals surface area contributed by atoms with Gasteiger partial charge >= 0.3 is 21.7 Å². The van der Waals surface area contributed by atoms with Crippen molar-refractivity contribution in [2.45, 2.75) is 95.1 Å². The minimum Gasteiger partial charge on any atom is -0.453 e. The third-order valence-electron chi connectivity index (χ3n) is 10.3. The van der Waals surface area contributed by atoms with Gasteiger partial charge in [0.1, 0.15) is 17.6 Å². The number of benzene rings is 1. The number of imidazole rings is 1. The fourth-order valence-corrected chi connectivity index (χ4v) is 9.18. The number of H-pyrrole nitrogens is 1. The van der Waals surface area contributed by atoms with Crippen LogP contribution in [0.5, 0.6) is 5.75 Å². The van der Waals surface area contributed by atoms with Crippen molar-refractivity contribution in [1.82, 2.24) is 20.2 Å². The smallest absolute Gasteiger partial charge is 0.453 e. The number of likely N-dealkylation sites (tertiary alicyclic amines) is 1. The number of alkyl carbamates (subject to hydrolysis) is 1. The summed E-state index contributed by atoms with van der Waals surface area (Å²) >= 11 is 1.51. The second-order valence-electron chi connectivity index (χ2n) is 13.8. The number of nitrogens with zero attached hydrogens (tertiary/aromatic N) is 2. The maximum atomic E-state index is 13.6. The predicted octanol–water partition coefficient (Wildman–Crippen LogP) is 7.47. The lowest BCUT2D eigenvalue weighted by Gasteiger charge is -2.38. The second kappa shape index (κ2) is 13.3. The quantitative estimate of drug-likeness (QED) is 0.182. The number of fused-ring (bicyclic) bond motifs is 2. The molecule has 0 radical (unpaired) electrons. The SMILES string of the molecule is COC(=O)N[C@H](C(=O)N1CCC[C@H]1c1ncc(-c2ccc(-c3ccc(OS(=O)(=O)C(F)(F)F)c4c3C3(CC4)CCC(C)CC3)s2)[nH]1)C(C)C. The van der Waals surface area contributed by atoms with E-state index in [1.54, 1.807) is 17.2 Å². The Bertz CT molecular complexity index is 1830. The van der Waals surface area contributed by atoms with E-state index in [1.807, 2.05) is 26.0 Å². The predicted molar refractivity (Wildman–Crippen MR) is 178 cm³/mol. The number of nitrogens with one attached hydrogen (secondary N) is 2. The van der Waals surface area contributed by atoms with Gasteiger partial charge < -0.3 is 24.1 Å². The number of carbonyl (C=O) groups is 2. The van der Waals surface area contributed by atoms with E-state index in [9.17, 15) is 31.2 Å². The Balaban J connectivity index is 1.30. The summed E-state index contributed by atoms with van der Waals surface area (Å²) in [6.45, 7) is 6.45. The van der Waals surface area contributed by atoms with Gasteiger partial charge in [0.15, 0.2) is 0 Å². The molecular weight excluding hydrogens is 682 g/mol. The zero-order valence-corrected chi connectivity index (χ0v) is 29.5. The average molecular weight is 723 g/mol. The Labute approximate surface area is 287 Å². The summed E-state index contributed by atoms with van der Waals surface area (Å²) in [6, 6.07) is 5.93. The van der Waals surface area contributed by atoms with E-state index >= 15 is 0 Å². The van der Waals surface area contributed by atoms with E-state index in [4.69, 9.17) is 8.92 Å². The van der Waals surface area contributed by atoms with Gasteiger partial charge in [-0.15, -0.1) is 11.3 Å². The molecule has 15 heteroatoms. The van der Waals surface area contributed by atoms with Crippen molar-refractivity contribution in [3.05, 3.63) is 47.4 Å². The van der Waals surface area contributed by atoms with Crippen LogP contribution < -0.4 is 9.50 Å². The van der Waals surface area contributed by atoms with Gasteiger partial charge in [0.05, 0.1) is 29.9 Å². The molecule has 1 saturated carbocycles. The fourth-order valence-electron chi connectivity index (χ4n) is 7.69.